The van der Waals surface area contributed by atoms with E-state index >= 15 is 0 Å². The summed E-state index contributed by atoms with van der Waals surface area (Å²) in [5.74, 6) is -3.12. The molecule has 0 bridgehead atoms. The lowest BCUT2D eigenvalue weighted by atomic mass is 10.1. The second-order valence-electron chi connectivity index (χ2n) is 7.06. The Kier molecular flexibility index (Phi) is 9.98. The van der Waals surface area contributed by atoms with E-state index in [0.717, 1.165) is 0 Å². The molecular formula is C17H31N7O6. The molecule has 1 saturated heterocycles. The Hall–Kier alpha value is -2.93. The zero-order valence-electron chi connectivity index (χ0n) is 16.9. The van der Waals surface area contributed by atoms with Crippen molar-refractivity contribution in [1.82, 2.24) is 15.5 Å². The van der Waals surface area contributed by atoms with Crippen molar-refractivity contribution >= 4 is 29.7 Å². The van der Waals surface area contributed by atoms with Gasteiger partial charge in [-0.25, -0.2) is 0 Å². The van der Waals surface area contributed by atoms with Crippen molar-refractivity contribution in [2.75, 3.05) is 19.7 Å². The lowest BCUT2D eigenvalue weighted by molar-refractivity contribution is -0.143. The monoisotopic (exact) mass is 429 g/mol. The van der Waals surface area contributed by atoms with Crippen LogP contribution in [-0.4, -0.2) is 88.6 Å². The minimum atomic E-state index is -1.22. The number of nitrogens with zero attached hydrogens (tertiary/aromatic N) is 2. The number of amides is 3. The number of nitrogens with one attached hydrogen (secondary N) is 2. The molecule has 3 amide bonds. The van der Waals surface area contributed by atoms with Crippen molar-refractivity contribution in [3.05, 3.63) is 0 Å². The highest BCUT2D eigenvalue weighted by atomic mass is 16.4. The number of carboxylic acids is 1. The van der Waals surface area contributed by atoms with Gasteiger partial charge in [-0.05, 0) is 32.6 Å². The summed E-state index contributed by atoms with van der Waals surface area (Å²) in [6.45, 7) is 1.27. The Morgan fingerprint density at radius 1 is 1.23 bits per heavy atom. The van der Waals surface area contributed by atoms with Gasteiger partial charge in [-0.15, -0.1) is 0 Å². The normalized spacial score (nSPS) is 18.8. The number of hydrogen-bond donors (Lipinski definition) is 7. The van der Waals surface area contributed by atoms with Crippen LogP contribution in [0.15, 0.2) is 4.99 Å². The molecule has 0 spiro atoms. The topological polar surface area (TPSA) is 226 Å². The van der Waals surface area contributed by atoms with E-state index in [4.69, 9.17) is 27.4 Å². The summed E-state index contributed by atoms with van der Waals surface area (Å²) in [5, 5.41) is 23.0. The van der Waals surface area contributed by atoms with E-state index in [2.05, 4.69) is 15.6 Å². The second-order valence-corrected chi connectivity index (χ2v) is 7.06. The Labute approximate surface area is 174 Å². The zero-order chi connectivity index (χ0) is 22.8. The van der Waals surface area contributed by atoms with Crippen molar-refractivity contribution in [3.63, 3.8) is 0 Å². The Morgan fingerprint density at radius 3 is 2.47 bits per heavy atom. The molecule has 13 heteroatoms. The Morgan fingerprint density at radius 2 is 1.90 bits per heavy atom. The van der Waals surface area contributed by atoms with E-state index in [9.17, 15) is 19.2 Å². The first-order valence-corrected chi connectivity index (χ1v) is 9.64. The van der Waals surface area contributed by atoms with Gasteiger partial charge in [0.05, 0.1) is 6.61 Å². The third-order valence-electron chi connectivity index (χ3n) is 4.66. The van der Waals surface area contributed by atoms with E-state index in [1.807, 2.05) is 0 Å². The fourth-order valence-corrected chi connectivity index (χ4v) is 3.01. The molecule has 10 N–H and O–H groups in total. The molecule has 170 valence electrons. The van der Waals surface area contributed by atoms with Crippen LogP contribution in [-0.2, 0) is 19.2 Å². The summed E-state index contributed by atoms with van der Waals surface area (Å²) in [5.41, 5.74) is 16.1. The molecular weight excluding hydrogens is 398 g/mol. The van der Waals surface area contributed by atoms with Crippen LogP contribution in [0.25, 0.3) is 0 Å². The van der Waals surface area contributed by atoms with Crippen LogP contribution in [0.3, 0.4) is 0 Å². The molecule has 0 aromatic rings. The van der Waals surface area contributed by atoms with Gasteiger partial charge in [0.1, 0.15) is 24.2 Å². The fourth-order valence-electron chi connectivity index (χ4n) is 3.01. The maximum Gasteiger partial charge on any atom is 0.325 e. The third kappa shape index (κ3) is 7.48. The van der Waals surface area contributed by atoms with Crippen molar-refractivity contribution in [3.8, 4) is 0 Å². The molecule has 4 unspecified atom stereocenters. The van der Waals surface area contributed by atoms with Gasteiger partial charge in [0, 0.05) is 13.1 Å². The maximum atomic E-state index is 12.8. The zero-order valence-corrected chi connectivity index (χ0v) is 16.9. The molecule has 4 atom stereocenters. The third-order valence-corrected chi connectivity index (χ3v) is 4.66. The van der Waals surface area contributed by atoms with Crippen molar-refractivity contribution < 1.29 is 29.4 Å². The highest BCUT2D eigenvalue weighted by molar-refractivity contribution is 5.94. The van der Waals surface area contributed by atoms with Gasteiger partial charge in [-0.1, -0.05) is 0 Å². The van der Waals surface area contributed by atoms with Crippen LogP contribution in [0.2, 0.25) is 0 Å². The minimum Gasteiger partial charge on any atom is -0.480 e. The van der Waals surface area contributed by atoms with Gasteiger partial charge >= 0.3 is 5.97 Å². The van der Waals surface area contributed by atoms with Gasteiger partial charge < -0.3 is 42.9 Å². The molecule has 0 saturated carbocycles. The molecule has 1 aliphatic rings. The SMILES string of the molecule is CC(NC(=O)C(CCCN=C(N)N)NC(=O)C1CCCN1C(=O)C(N)CO)C(=O)O. The van der Waals surface area contributed by atoms with Gasteiger partial charge in [0.2, 0.25) is 17.7 Å². The number of carbonyl (C=O) groups is 4. The molecule has 13 nitrogen and oxygen atoms in total. The van der Waals surface area contributed by atoms with Gasteiger partial charge in [-0.2, -0.15) is 0 Å². The molecule has 1 fully saturated rings. The second kappa shape index (κ2) is 11.9. The number of aliphatic carboxylic acids is 1. The summed E-state index contributed by atoms with van der Waals surface area (Å²) in [7, 11) is 0. The number of aliphatic hydroxyl groups excluding tert-OH is 1. The highest BCUT2D eigenvalue weighted by Gasteiger charge is 2.37. The van der Waals surface area contributed by atoms with Crippen LogP contribution in [0.1, 0.15) is 32.6 Å². The number of carbonyl (C=O) groups excluding carboxylic acids is 3. The number of aliphatic hydroxyl groups is 1. The van der Waals surface area contributed by atoms with Crippen LogP contribution in [0.4, 0.5) is 0 Å². The largest absolute Gasteiger partial charge is 0.480 e. The van der Waals surface area contributed by atoms with E-state index in [1.165, 1.54) is 11.8 Å². The van der Waals surface area contributed by atoms with Crippen LogP contribution in [0.5, 0.6) is 0 Å². The lowest BCUT2D eigenvalue weighted by Crippen LogP contribution is -2.56. The number of guanidine groups is 1. The number of carboxylic acid groups (broad SMARTS) is 1. The number of nitrogens with two attached hydrogens (primary N) is 3. The molecule has 0 radical (unpaired) electrons. The smallest absolute Gasteiger partial charge is 0.325 e. The fraction of sp³-hybridized carbons (Fsp3) is 0.706. The van der Waals surface area contributed by atoms with Gasteiger partial charge in [0.15, 0.2) is 5.96 Å². The van der Waals surface area contributed by atoms with E-state index in [0.29, 0.717) is 25.8 Å². The molecule has 30 heavy (non-hydrogen) atoms. The molecule has 0 aromatic heterocycles. The average molecular weight is 429 g/mol. The standard InChI is InChI=1S/C17H31N7O6/c1-9(16(29)30)22-13(26)11(4-2-6-21-17(19)20)23-14(27)12-5-3-7-24(12)15(28)10(18)8-25/h9-12,25H,2-8,18H2,1H3,(H,22,26)(H,23,27)(H,29,30)(H4,19,20,21). The average Bonchev–Trinajstić information content (AvgIpc) is 3.18. The summed E-state index contributed by atoms with van der Waals surface area (Å²) >= 11 is 0. The maximum absolute atomic E-state index is 12.8. The number of aliphatic imine (C=N–C) groups is 1. The molecule has 1 heterocycles. The van der Waals surface area contributed by atoms with Gasteiger partial charge in [-0.3, -0.25) is 24.2 Å². The van der Waals surface area contributed by atoms with Crippen molar-refractivity contribution in [2.24, 2.45) is 22.2 Å². The molecule has 0 aliphatic carbocycles. The first kappa shape index (κ1) is 25.1. The molecule has 1 aliphatic heterocycles. The van der Waals surface area contributed by atoms with Crippen molar-refractivity contribution in [2.45, 2.75) is 56.8 Å². The quantitative estimate of drug-likeness (QED) is 0.0977. The summed E-state index contributed by atoms with van der Waals surface area (Å²) in [6, 6.07) is -4.16. The predicted octanol–water partition coefficient (Wildman–Crippen LogP) is -3.58. The first-order valence-electron chi connectivity index (χ1n) is 9.64. The van der Waals surface area contributed by atoms with E-state index in [-0.39, 0.29) is 18.9 Å². The van der Waals surface area contributed by atoms with E-state index in [1.54, 1.807) is 0 Å². The summed E-state index contributed by atoms with van der Waals surface area (Å²) in [6.07, 6.45) is 1.45. The lowest BCUT2D eigenvalue weighted by Gasteiger charge is -2.28. The number of hydrogen-bond acceptors (Lipinski definition) is 7. The number of rotatable bonds is 11. The predicted molar refractivity (Wildman–Crippen MR) is 107 cm³/mol. The van der Waals surface area contributed by atoms with Crippen LogP contribution < -0.4 is 27.8 Å². The number of likely N-dealkylation sites (tertiary alicyclic amines) is 1. The summed E-state index contributed by atoms with van der Waals surface area (Å²) in [4.78, 5) is 53.7. The first-order chi connectivity index (χ1) is 14.1. The minimum absolute atomic E-state index is 0.111. The Balaban J connectivity index is 2.85. The molecule has 0 aromatic carbocycles. The van der Waals surface area contributed by atoms with Crippen molar-refractivity contribution in [1.29, 1.82) is 0 Å². The summed E-state index contributed by atoms with van der Waals surface area (Å²) < 4.78 is 0. The Bertz CT molecular complexity index is 667. The molecule has 1 rings (SSSR count). The van der Waals surface area contributed by atoms with Crippen LogP contribution in [0, 0.1) is 0 Å². The van der Waals surface area contributed by atoms with E-state index < -0.39 is 54.5 Å². The highest BCUT2D eigenvalue weighted by Crippen LogP contribution is 2.18. The van der Waals surface area contributed by atoms with Crippen LogP contribution >= 0.6 is 0 Å². The van der Waals surface area contributed by atoms with Gasteiger partial charge in [0.25, 0.3) is 0 Å².